The number of aromatic nitrogens is 2. The Hall–Kier alpha value is -4.20. The molecule has 8 nitrogen and oxygen atoms in total. The van der Waals surface area contributed by atoms with Gasteiger partial charge in [0.2, 0.25) is 5.91 Å². The predicted molar refractivity (Wildman–Crippen MR) is 135 cm³/mol. The van der Waals surface area contributed by atoms with Crippen LogP contribution in [0.5, 0.6) is 11.5 Å². The molecule has 0 spiro atoms. The number of ether oxygens (including phenoxy) is 1. The van der Waals surface area contributed by atoms with E-state index in [-0.39, 0.29) is 23.3 Å². The Morgan fingerprint density at radius 2 is 1.56 bits per heavy atom. The van der Waals surface area contributed by atoms with Gasteiger partial charge in [-0.05, 0) is 55.3 Å². The molecule has 8 heteroatoms. The number of nitrogens with zero attached hydrogens (tertiary/aromatic N) is 2. The molecule has 4 rings (SSSR count). The molecule has 1 aliphatic rings. The Bertz CT molecular complexity index is 1090. The van der Waals surface area contributed by atoms with Gasteiger partial charge in [0.1, 0.15) is 29.5 Å². The van der Waals surface area contributed by atoms with Crippen LogP contribution < -0.4 is 21.5 Å². The number of nitrogen functional groups attached to an aromatic ring is 2. The Balaban J connectivity index is 0.000000248. The standard InChI is InChI=1S/C17H15N5O.C9H15NO/c18-15(14-16(19)21-10-22-17(14)20)11-6-8-13(9-7-11)23-12-4-2-1-3-5-12;1-2-9(11)10-8-6-4-3-5-7-8/h1-10,18H,(H4,19,20,21,22);2,8H,1,3-7H2,(H,10,11). The average Bonchev–Trinajstić information content (AvgIpc) is 2.86. The van der Waals surface area contributed by atoms with Crippen LogP contribution in [-0.2, 0) is 4.79 Å². The minimum Gasteiger partial charge on any atom is -0.457 e. The molecule has 6 N–H and O–H groups in total. The highest BCUT2D eigenvalue weighted by atomic mass is 16.5. The van der Waals surface area contributed by atoms with Crippen molar-refractivity contribution in [1.82, 2.24) is 15.3 Å². The number of hydrogen-bond donors (Lipinski definition) is 4. The zero-order chi connectivity index (χ0) is 24.3. The quantitative estimate of drug-likeness (QED) is 0.317. The van der Waals surface area contributed by atoms with Gasteiger partial charge in [-0.2, -0.15) is 0 Å². The highest BCUT2D eigenvalue weighted by Crippen LogP contribution is 2.24. The zero-order valence-electron chi connectivity index (χ0n) is 19.0. The summed E-state index contributed by atoms with van der Waals surface area (Å²) in [6.45, 7) is 3.41. The van der Waals surface area contributed by atoms with Crippen molar-refractivity contribution in [3.05, 3.63) is 84.7 Å². The first-order valence-electron chi connectivity index (χ1n) is 11.2. The molecule has 0 atom stereocenters. The van der Waals surface area contributed by atoms with Crippen molar-refractivity contribution in [3.63, 3.8) is 0 Å². The molecule has 1 aliphatic carbocycles. The van der Waals surface area contributed by atoms with Gasteiger partial charge < -0.3 is 21.5 Å². The number of benzene rings is 2. The molecule has 0 saturated heterocycles. The van der Waals surface area contributed by atoms with Gasteiger partial charge in [-0.25, -0.2) is 9.97 Å². The van der Waals surface area contributed by atoms with E-state index in [0.29, 0.717) is 22.9 Å². The van der Waals surface area contributed by atoms with E-state index in [2.05, 4.69) is 21.9 Å². The molecule has 1 saturated carbocycles. The van der Waals surface area contributed by atoms with Crippen molar-refractivity contribution in [3.8, 4) is 11.5 Å². The van der Waals surface area contributed by atoms with Crippen molar-refractivity contribution in [2.24, 2.45) is 0 Å². The van der Waals surface area contributed by atoms with Gasteiger partial charge >= 0.3 is 0 Å². The summed E-state index contributed by atoms with van der Waals surface area (Å²) in [6, 6.07) is 17.0. The number of rotatable bonds is 6. The molecule has 0 radical (unpaired) electrons. The normalized spacial score (nSPS) is 13.2. The fourth-order valence-electron chi connectivity index (χ4n) is 3.64. The molecule has 3 aromatic rings. The van der Waals surface area contributed by atoms with Gasteiger partial charge in [0.15, 0.2) is 0 Å². The van der Waals surface area contributed by atoms with E-state index in [1.165, 1.54) is 31.7 Å². The SMILES string of the molecule is C=CC(=O)NC1CCCCC1.N=C(c1ccc(Oc2ccccc2)cc1)c1c(N)ncnc1N. The first-order chi connectivity index (χ1) is 16.5. The number of hydrogen-bond acceptors (Lipinski definition) is 7. The summed E-state index contributed by atoms with van der Waals surface area (Å²) in [5, 5.41) is 11.2. The second-order valence-corrected chi connectivity index (χ2v) is 7.88. The monoisotopic (exact) mass is 458 g/mol. The van der Waals surface area contributed by atoms with Crippen LogP contribution in [0.4, 0.5) is 11.6 Å². The molecule has 1 heterocycles. The van der Waals surface area contributed by atoms with E-state index < -0.39 is 0 Å². The molecular weight excluding hydrogens is 428 g/mol. The minimum absolute atomic E-state index is 0.0306. The summed E-state index contributed by atoms with van der Waals surface area (Å²) in [5.74, 6) is 1.77. The fraction of sp³-hybridized carbons (Fsp3) is 0.231. The summed E-state index contributed by atoms with van der Waals surface area (Å²) in [5.41, 5.74) is 12.8. The summed E-state index contributed by atoms with van der Waals surface area (Å²) in [6.07, 6.45) is 8.72. The molecule has 0 unspecified atom stereocenters. The number of carbonyl (C=O) groups is 1. The molecule has 0 aliphatic heterocycles. The van der Waals surface area contributed by atoms with E-state index in [1.54, 1.807) is 24.3 Å². The van der Waals surface area contributed by atoms with Gasteiger partial charge in [0.25, 0.3) is 0 Å². The Morgan fingerprint density at radius 3 is 2.15 bits per heavy atom. The molecule has 2 aromatic carbocycles. The van der Waals surface area contributed by atoms with E-state index in [9.17, 15) is 4.79 Å². The van der Waals surface area contributed by atoms with Crippen LogP contribution in [0.3, 0.4) is 0 Å². The van der Waals surface area contributed by atoms with E-state index in [0.717, 1.165) is 18.6 Å². The molecule has 1 amide bonds. The fourth-order valence-corrected chi connectivity index (χ4v) is 3.64. The van der Waals surface area contributed by atoms with Crippen LogP contribution >= 0.6 is 0 Å². The maximum atomic E-state index is 10.9. The number of amides is 1. The van der Waals surface area contributed by atoms with Crippen LogP contribution in [0.1, 0.15) is 43.2 Å². The van der Waals surface area contributed by atoms with Crippen LogP contribution in [0, 0.1) is 5.41 Å². The maximum Gasteiger partial charge on any atom is 0.243 e. The average molecular weight is 459 g/mol. The van der Waals surface area contributed by atoms with Crippen LogP contribution in [0.25, 0.3) is 0 Å². The van der Waals surface area contributed by atoms with Crippen LogP contribution in [-0.4, -0.2) is 27.6 Å². The number of nitrogens with one attached hydrogen (secondary N) is 2. The Morgan fingerprint density at radius 1 is 0.971 bits per heavy atom. The molecular formula is C26H30N6O2. The second-order valence-electron chi connectivity index (χ2n) is 7.88. The molecule has 1 aromatic heterocycles. The summed E-state index contributed by atoms with van der Waals surface area (Å²) in [4.78, 5) is 18.6. The van der Waals surface area contributed by atoms with Gasteiger partial charge in [0.05, 0.1) is 11.3 Å². The Labute approximate surface area is 199 Å². The first kappa shape index (κ1) is 24.4. The third kappa shape index (κ3) is 6.90. The van der Waals surface area contributed by atoms with Crippen molar-refractivity contribution >= 4 is 23.3 Å². The third-order valence-corrected chi connectivity index (χ3v) is 5.41. The highest BCUT2D eigenvalue weighted by molar-refractivity contribution is 6.15. The topological polar surface area (TPSA) is 140 Å². The minimum atomic E-state index is -0.0306. The molecule has 176 valence electrons. The molecule has 0 bridgehead atoms. The summed E-state index contributed by atoms with van der Waals surface area (Å²) >= 11 is 0. The van der Waals surface area contributed by atoms with Crippen molar-refractivity contribution in [2.45, 2.75) is 38.1 Å². The van der Waals surface area contributed by atoms with E-state index in [4.69, 9.17) is 21.6 Å². The number of para-hydroxylation sites is 1. The van der Waals surface area contributed by atoms with Gasteiger partial charge in [-0.1, -0.05) is 44.0 Å². The Kier molecular flexibility index (Phi) is 8.73. The summed E-state index contributed by atoms with van der Waals surface area (Å²) in [7, 11) is 0. The molecule has 1 fully saturated rings. The number of anilines is 2. The maximum absolute atomic E-state index is 10.9. The van der Waals surface area contributed by atoms with Crippen LogP contribution in [0.15, 0.2) is 73.6 Å². The van der Waals surface area contributed by atoms with Gasteiger partial charge in [0, 0.05) is 11.6 Å². The second kappa shape index (κ2) is 12.2. The van der Waals surface area contributed by atoms with E-state index >= 15 is 0 Å². The summed E-state index contributed by atoms with van der Waals surface area (Å²) < 4.78 is 5.72. The smallest absolute Gasteiger partial charge is 0.243 e. The zero-order valence-corrected chi connectivity index (χ0v) is 19.0. The van der Waals surface area contributed by atoms with Gasteiger partial charge in [-0.15, -0.1) is 0 Å². The van der Waals surface area contributed by atoms with Crippen molar-refractivity contribution in [2.75, 3.05) is 11.5 Å². The van der Waals surface area contributed by atoms with Gasteiger partial charge in [-0.3, -0.25) is 10.2 Å². The van der Waals surface area contributed by atoms with E-state index in [1.807, 2.05) is 30.3 Å². The van der Waals surface area contributed by atoms with Crippen molar-refractivity contribution in [1.29, 1.82) is 5.41 Å². The lowest BCUT2D eigenvalue weighted by molar-refractivity contribution is -0.117. The predicted octanol–water partition coefficient (Wildman–Crippen LogP) is 4.47. The first-order valence-corrected chi connectivity index (χ1v) is 11.2. The number of carbonyl (C=O) groups excluding carboxylic acids is 1. The molecule has 34 heavy (non-hydrogen) atoms. The van der Waals surface area contributed by atoms with Crippen LogP contribution in [0.2, 0.25) is 0 Å². The highest BCUT2D eigenvalue weighted by Gasteiger charge is 2.15. The largest absolute Gasteiger partial charge is 0.457 e. The lowest BCUT2D eigenvalue weighted by Gasteiger charge is -2.21. The lowest BCUT2D eigenvalue weighted by Crippen LogP contribution is -2.34. The third-order valence-electron chi connectivity index (χ3n) is 5.41. The van der Waals surface area contributed by atoms with Crippen molar-refractivity contribution < 1.29 is 9.53 Å². The lowest BCUT2D eigenvalue weighted by atomic mass is 9.95. The number of nitrogens with two attached hydrogens (primary N) is 2.